The first kappa shape index (κ1) is 32.0. The number of nitrogens with one attached hydrogen (secondary N) is 2. The van der Waals surface area contributed by atoms with Crippen molar-refractivity contribution in [1.29, 1.82) is 0 Å². The molecular formula is C37H50N2O2. The van der Waals surface area contributed by atoms with E-state index in [4.69, 9.17) is 4.74 Å². The van der Waals surface area contributed by atoms with Gasteiger partial charge in [-0.3, -0.25) is 4.79 Å². The highest BCUT2D eigenvalue weighted by Gasteiger charge is 2.36. The zero-order chi connectivity index (χ0) is 30.1. The molecule has 2 N–H and O–H groups in total. The summed E-state index contributed by atoms with van der Waals surface area (Å²) in [6.45, 7) is 20.0. The van der Waals surface area contributed by atoms with Crippen LogP contribution in [0.2, 0.25) is 0 Å². The highest BCUT2D eigenvalue weighted by Crippen LogP contribution is 2.37. The number of ether oxygens (including phenoxy) is 1. The van der Waals surface area contributed by atoms with Crippen molar-refractivity contribution in [2.75, 3.05) is 6.54 Å². The molecule has 0 aromatic heterocycles. The highest BCUT2D eigenvalue weighted by molar-refractivity contribution is 5.78. The Morgan fingerprint density at radius 2 is 1.41 bits per heavy atom. The van der Waals surface area contributed by atoms with Gasteiger partial charge in [-0.1, -0.05) is 101 Å². The topological polar surface area (TPSA) is 50.4 Å². The van der Waals surface area contributed by atoms with Gasteiger partial charge in [0.15, 0.2) is 0 Å². The molecule has 0 aliphatic heterocycles. The Labute approximate surface area is 248 Å². The van der Waals surface area contributed by atoms with Crippen molar-refractivity contribution < 1.29 is 9.53 Å². The molecule has 4 heteroatoms. The standard InChI is InChI=1S/C37H50N2O2/c1-9-15-33(40)22-23-38-28(2)39-37(27-29-16-11-10-12-17-29,31-19-13-18-30(24-31)26-35(3,4)5)32-20-14-21-34(25-32)41-36(6,7)8/h10-14,16-21,24-25,38-39H,2,9,15,22-23,26-27H2,1,3-8H3. The summed E-state index contributed by atoms with van der Waals surface area (Å²) in [5, 5.41) is 7.23. The molecule has 3 aromatic carbocycles. The molecule has 0 bridgehead atoms. The van der Waals surface area contributed by atoms with Crippen LogP contribution in [0.25, 0.3) is 0 Å². The Hall–Kier alpha value is -3.53. The van der Waals surface area contributed by atoms with E-state index in [-0.39, 0.29) is 16.8 Å². The predicted octanol–water partition coefficient (Wildman–Crippen LogP) is 8.35. The lowest BCUT2D eigenvalue weighted by molar-refractivity contribution is -0.119. The number of carbonyl (C=O) groups is 1. The normalized spacial score (nSPS) is 13.2. The molecule has 1 atom stereocenters. The molecule has 3 aromatic rings. The van der Waals surface area contributed by atoms with E-state index >= 15 is 0 Å². The summed E-state index contributed by atoms with van der Waals surface area (Å²) < 4.78 is 6.33. The lowest BCUT2D eigenvalue weighted by atomic mass is 9.76. The first-order valence-corrected chi connectivity index (χ1v) is 15.0. The van der Waals surface area contributed by atoms with Gasteiger partial charge in [0, 0.05) is 25.8 Å². The molecule has 0 fully saturated rings. The van der Waals surface area contributed by atoms with Crippen molar-refractivity contribution in [3.05, 3.63) is 114 Å². The van der Waals surface area contributed by atoms with Gasteiger partial charge in [0.25, 0.3) is 0 Å². The second-order valence-electron chi connectivity index (χ2n) is 13.3. The van der Waals surface area contributed by atoms with Crippen LogP contribution in [0.4, 0.5) is 0 Å². The van der Waals surface area contributed by atoms with Crippen molar-refractivity contribution in [3.8, 4) is 5.75 Å². The van der Waals surface area contributed by atoms with Crippen molar-refractivity contribution in [3.63, 3.8) is 0 Å². The van der Waals surface area contributed by atoms with Crippen molar-refractivity contribution in [2.45, 2.75) is 91.7 Å². The molecule has 0 radical (unpaired) electrons. The second-order valence-corrected chi connectivity index (χ2v) is 13.3. The Morgan fingerprint density at radius 3 is 2.05 bits per heavy atom. The first-order chi connectivity index (χ1) is 19.3. The zero-order valence-electron chi connectivity index (χ0n) is 26.3. The van der Waals surface area contributed by atoms with Crippen molar-refractivity contribution >= 4 is 5.78 Å². The minimum absolute atomic E-state index is 0.158. The average molecular weight is 555 g/mol. The number of benzene rings is 3. The van der Waals surface area contributed by atoms with E-state index in [9.17, 15) is 4.79 Å². The fraction of sp³-hybridized carbons (Fsp3) is 0.432. The van der Waals surface area contributed by atoms with Crippen LogP contribution in [0.5, 0.6) is 5.75 Å². The first-order valence-electron chi connectivity index (χ1n) is 15.0. The van der Waals surface area contributed by atoms with Gasteiger partial charge in [0.05, 0.1) is 11.4 Å². The maximum Gasteiger partial charge on any atom is 0.134 e. The summed E-state index contributed by atoms with van der Waals surface area (Å²) in [4.78, 5) is 12.2. The van der Waals surface area contributed by atoms with Crippen LogP contribution in [0, 0.1) is 5.41 Å². The third-order valence-electron chi connectivity index (χ3n) is 6.85. The Balaban J connectivity index is 2.14. The van der Waals surface area contributed by atoms with Crippen LogP contribution in [0.1, 0.15) is 90.0 Å². The molecule has 41 heavy (non-hydrogen) atoms. The van der Waals surface area contributed by atoms with Crippen molar-refractivity contribution in [1.82, 2.24) is 10.6 Å². The molecule has 220 valence electrons. The predicted molar refractivity (Wildman–Crippen MR) is 172 cm³/mol. The minimum Gasteiger partial charge on any atom is -0.488 e. The van der Waals surface area contributed by atoms with Crippen LogP contribution in [0.15, 0.2) is 91.3 Å². The maximum atomic E-state index is 12.2. The van der Waals surface area contributed by atoms with Gasteiger partial charge in [-0.05, 0) is 73.4 Å². The molecule has 1 unspecified atom stereocenters. The fourth-order valence-corrected chi connectivity index (χ4v) is 5.26. The Morgan fingerprint density at radius 1 is 0.780 bits per heavy atom. The van der Waals surface area contributed by atoms with Gasteiger partial charge >= 0.3 is 0 Å². The third-order valence-corrected chi connectivity index (χ3v) is 6.85. The summed E-state index contributed by atoms with van der Waals surface area (Å²) in [7, 11) is 0. The molecule has 0 heterocycles. The van der Waals surface area contributed by atoms with Gasteiger partial charge in [0.2, 0.25) is 0 Å². The molecule has 0 aliphatic carbocycles. The quantitative estimate of drug-likeness (QED) is 0.210. The van der Waals surface area contributed by atoms with Crippen LogP contribution in [-0.4, -0.2) is 17.9 Å². The van der Waals surface area contributed by atoms with Crippen molar-refractivity contribution in [2.24, 2.45) is 5.41 Å². The van der Waals surface area contributed by atoms with Crippen LogP contribution in [-0.2, 0) is 23.2 Å². The van der Waals surface area contributed by atoms with Crippen LogP contribution in [0.3, 0.4) is 0 Å². The average Bonchev–Trinajstić information content (AvgIpc) is 2.87. The minimum atomic E-state index is -0.649. The number of rotatable bonds is 14. The summed E-state index contributed by atoms with van der Waals surface area (Å²) in [5.41, 5.74) is 3.92. The zero-order valence-corrected chi connectivity index (χ0v) is 26.3. The highest BCUT2D eigenvalue weighted by atomic mass is 16.5. The monoisotopic (exact) mass is 554 g/mol. The van der Waals surface area contributed by atoms with E-state index in [1.165, 1.54) is 11.1 Å². The molecule has 4 nitrogen and oxygen atoms in total. The van der Waals surface area contributed by atoms with Gasteiger partial charge in [-0.15, -0.1) is 0 Å². The summed E-state index contributed by atoms with van der Waals surface area (Å²) in [5.74, 6) is 1.78. The van der Waals surface area contributed by atoms with Crippen LogP contribution >= 0.6 is 0 Å². The molecule has 0 saturated carbocycles. The second kappa shape index (κ2) is 13.9. The largest absolute Gasteiger partial charge is 0.488 e. The molecule has 0 saturated heterocycles. The third kappa shape index (κ3) is 10.1. The van der Waals surface area contributed by atoms with E-state index in [1.54, 1.807) is 0 Å². The maximum absolute atomic E-state index is 12.2. The molecule has 0 amide bonds. The lowest BCUT2D eigenvalue weighted by Crippen LogP contribution is -2.47. The Bertz CT molecular complexity index is 1220. The molecule has 0 aliphatic rings. The number of ketones is 1. The van der Waals surface area contributed by atoms with E-state index in [1.807, 2.05) is 19.1 Å². The lowest BCUT2D eigenvalue weighted by Gasteiger charge is -2.39. The number of hydrogen-bond acceptors (Lipinski definition) is 4. The SMILES string of the molecule is C=C(NCCC(=O)CCC)NC(Cc1ccccc1)(c1cccc(CC(C)(C)C)c1)c1cccc(OC(C)(C)C)c1. The summed E-state index contributed by atoms with van der Waals surface area (Å²) in [6, 6.07) is 27.9. The molecule has 3 rings (SSSR count). The molecular weight excluding hydrogens is 504 g/mol. The number of carbonyl (C=O) groups excluding carboxylic acids is 1. The van der Waals surface area contributed by atoms with E-state index in [0.717, 1.165) is 29.7 Å². The number of hydrogen-bond donors (Lipinski definition) is 2. The Kier molecular flexibility index (Phi) is 10.8. The summed E-state index contributed by atoms with van der Waals surface area (Å²) in [6.07, 6.45) is 3.63. The van der Waals surface area contributed by atoms with Gasteiger partial charge < -0.3 is 15.4 Å². The van der Waals surface area contributed by atoms with Gasteiger partial charge in [-0.25, -0.2) is 0 Å². The fourth-order valence-electron chi connectivity index (χ4n) is 5.26. The van der Waals surface area contributed by atoms with Gasteiger partial charge in [-0.2, -0.15) is 0 Å². The van der Waals surface area contributed by atoms with E-state index in [0.29, 0.717) is 31.6 Å². The smallest absolute Gasteiger partial charge is 0.134 e. The summed E-state index contributed by atoms with van der Waals surface area (Å²) >= 11 is 0. The van der Waals surface area contributed by atoms with Crippen LogP contribution < -0.4 is 15.4 Å². The van der Waals surface area contributed by atoms with E-state index < -0.39 is 5.54 Å². The number of Topliss-reactive ketones (excluding diaryl/α,β-unsaturated/α-hetero) is 1. The molecule has 0 spiro atoms. The van der Waals surface area contributed by atoms with Gasteiger partial charge in [0.1, 0.15) is 17.1 Å². The van der Waals surface area contributed by atoms with E-state index in [2.05, 4.69) is 125 Å².